The lowest BCUT2D eigenvalue weighted by Crippen LogP contribution is -2.34. The summed E-state index contributed by atoms with van der Waals surface area (Å²) in [5.74, 6) is 0. The van der Waals surface area contributed by atoms with Crippen molar-refractivity contribution >= 4 is 0 Å². The zero-order valence-electron chi connectivity index (χ0n) is 9.74. The summed E-state index contributed by atoms with van der Waals surface area (Å²) in [6.07, 6.45) is 9.28. The molecule has 15 heavy (non-hydrogen) atoms. The Morgan fingerprint density at radius 2 is 2.40 bits per heavy atom. The van der Waals surface area contributed by atoms with Crippen LogP contribution in [0, 0.1) is 6.92 Å². The van der Waals surface area contributed by atoms with Crippen LogP contribution in [-0.4, -0.2) is 22.4 Å². The fourth-order valence-electron chi connectivity index (χ4n) is 2.51. The highest BCUT2D eigenvalue weighted by Gasteiger charge is 2.22. The Labute approximate surface area is 91.9 Å². The second-order valence-electron chi connectivity index (χ2n) is 4.57. The fourth-order valence-corrected chi connectivity index (χ4v) is 2.51. The molecule has 1 N–H and O–H groups in total. The van der Waals surface area contributed by atoms with Gasteiger partial charge in [0.1, 0.15) is 0 Å². The van der Waals surface area contributed by atoms with E-state index in [2.05, 4.69) is 35.1 Å². The van der Waals surface area contributed by atoms with E-state index in [0.29, 0.717) is 12.1 Å². The SMILES string of the molecule is CCNC1CCCC(n2cc(C)cn2)C1. The molecular weight excluding hydrogens is 186 g/mol. The van der Waals surface area contributed by atoms with Gasteiger partial charge in [0.2, 0.25) is 0 Å². The predicted octanol–water partition coefficient (Wildman–Crippen LogP) is 2.28. The molecule has 1 heterocycles. The third-order valence-corrected chi connectivity index (χ3v) is 3.24. The molecule has 0 amide bonds. The second-order valence-corrected chi connectivity index (χ2v) is 4.57. The number of aromatic nitrogens is 2. The quantitative estimate of drug-likeness (QED) is 0.824. The first-order valence-corrected chi connectivity index (χ1v) is 6.03. The van der Waals surface area contributed by atoms with Gasteiger partial charge in [0.05, 0.1) is 12.2 Å². The smallest absolute Gasteiger partial charge is 0.0534 e. The van der Waals surface area contributed by atoms with Crippen molar-refractivity contribution in [2.24, 2.45) is 0 Å². The summed E-state index contributed by atoms with van der Waals surface area (Å²) in [5, 5.41) is 7.97. The van der Waals surface area contributed by atoms with Gasteiger partial charge in [-0.05, 0) is 44.7 Å². The average Bonchev–Trinajstić information content (AvgIpc) is 2.66. The van der Waals surface area contributed by atoms with E-state index in [4.69, 9.17) is 0 Å². The highest BCUT2D eigenvalue weighted by atomic mass is 15.3. The van der Waals surface area contributed by atoms with Gasteiger partial charge in [0.15, 0.2) is 0 Å². The van der Waals surface area contributed by atoms with Crippen LogP contribution in [0.3, 0.4) is 0 Å². The lowest BCUT2D eigenvalue weighted by Gasteiger charge is -2.29. The molecule has 84 valence electrons. The maximum atomic E-state index is 4.42. The first-order valence-electron chi connectivity index (χ1n) is 6.03. The summed E-state index contributed by atoms with van der Waals surface area (Å²) in [6.45, 7) is 5.37. The van der Waals surface area contributed by atoms with E-state index in [1.165, 1.54) is 31.2 Å². The first kappa shape index (κ1) is 10.7. The number of nitrogens with zero attached hydrogens (tertiary/aromatic N) is 2. The van der Waals surface area contributed by atoms with Crippen LogP contribution in [0.4, 0.5) is 0 Å². The molecule has 0 aromatic carbocycles. The van der Waals surface area contributed by atoms with Crippen LogP contribution in [0.1, 0.15) is 44.2 Å². The molecule has 1 aromatic rings. The maximum absolute atomic E-state index is 4.42. The van der Waals surface area contributed by atoms with E-state index in [1.807, 2.05) is 6.20 Å². The fraction of sp³-hybridized carbons (Fsp3) is 0.750. The van der Waals surface area contributed by atoms with Crippen LogP contribution in [0.5, 0.6) is 0 Å². The molecule has 0 radical (unpaired) electrons. The molecule has 1 fully saturated rings. The molecule has 2 rings (SSSR count). The van der Waals surface area contributed by atoms with Gasteiger partial charge in [-0.3, -0.25) is 4.68 Å². The summed E-state index contributed by atoms with van der Waals surface area (Å²) in [6, 6.07) is 1.30. The Balaban J connectivity index is 1.98. The molecule has 0 spiro atoms. The minimum atomic E-state index is 0.608. The van der Waals surface area contributed by atoms with E-state index in [-0.39, 0.29) is 0 Å². The molecule has 2 unspecified atom stereocenters. The Morgan fingerprint density at radius 1 is 1.53 bits per heavy atom. The van der Waals surface area contributed by atoms with Crippen LogP contribution in [0.15, 0.2) is 12.4 Å². The molecule has 1 saturated carbocycles. The topological polar surface area (TPSA) is 29.9 Å². The second kappa shape index (κ2) is 4.79. The summed E-state index contributed by atoms with van der Waals surface area (Å²) in [4.78, 5) is 0. The Hall–Kier alpha value is -0.830. The molecule has 0 bridgehead atoms. The zero-order chi connectivity index (χ0) is 10.7. The molecule has 1 aliphatic carbocycles. The van der Waals surface area contributed by atoms with E-state index in [9.17, 15) is 0 Å². The van der Waals surface area contributed by atoms with Crippen LogP contribution in [-0.2, 0) is 0 Å². The third kappa shape index (κ3) is 2.59. The molecule has 0 saturated heterocycles. The van der Waals surface area contributed by atoms with Gasteiger partial charge in [-0.2, -0.15) is 5.10 Å². The van der Waals surface area contributed by atoms with Crippen LogP contribution >= 0.6 is 0 Å². The van der Waals surface area contributed by atoms with E-state index >= 15 is 0 Å². The number of hydrogen-bond donors (Lipinski definition) is 1. The van der Waals surface area contributed by atoms with Crippen LogP contribution in [0.25, 0.3) is 0 Å². The van der Waals surface area contributed by atoms with Gasteiger partial charge in [-0.25, -0.2) is 0 Å². The zero-order valence-corrected chi connectivity index (χ0v) is 9.74. The lowest BCUT2D eigenvalue weighted by atomic mass is 9.91. The van der Waals surface area contributed by atoms with E-state index < -0.39 is 0 Å². The van der Waals surface area contributed by atoms with Gasteiger partial charge in [0, 0.05) is 12.2 Å². The molecule has 0 aliphatic heterocycles. The van der Waals surface area contributed by atoms with Gasteiger partial charge >= 0.3 is 0 Å². The van der Waals surface area contributed by atoms with Crippen molar-refractivity contribution in [1.82, 2.24) is 15.1 Å². The summed E-state index contributed by atoms with van der Waals surface area (Å²) >= 11 is 0. The van der Waals surface area contributed by atoms with Gasteiger partial charge < -0.3 is 5.32 Å². The monoisotopic (exact) mass is 207 g/mol. The molecule has 3 nitrogen and oxygen atoms in total. The summed E-state index contributed by atoms with van der Waals surface area (Å²) < 4.78 is 2.15. The molecule has 1 aromatic heterocycles. The Bertz CT molecular complexity index is 304. The lowest BCUT2D eigenvalue weighted by molar-refractivity contribution is 0.272. The van der Waals surface area contributed by atoms with Crippen molar-refractivity contribution in [3.63, 3.8) is 0 Å². The van der Waals surface area contributed by atoms with Crippen molar-refractivity contribution in [1.29, 1.82) is 0 Å². The summed E-state index contributed by atoms with van der Waals surface area (Å²) in [7, 11) is 0. The molecular formula is C12H21N3. The number of rotatable bonds is 3. The molecule has 2 atom stereocenters. The van der Waals surface area contributed by atoms with E-state index in [1.54, 1.807) is 0 Å². The van der Waals surface area contributed by atoms with Gasteiger partial charge in [0.25, 0.3) is 0 Å². The normalized spacial score (nSPS) is 26.8. The number of nitrogens with one attached hydrogen (secondary N) is 1. The van der Waals surface area contributed by atoms with Crippen LogP contribution in [0.2, 0.25) is 0 Å². The van der Waals surface area contributed by atoms with Crippen molar-refractivity contribution in [3.8, 4) is 0 Å². The average molecular weight is 207 g/mol. The summed E-state index contributed by atoms with van der Waals surface area (Å²) in [5.41, 5.74) is 1.26. The Kier molecular flexibility index (Phi) is 3.41. The molecule has 3 heteroatoms. The highest BCUT2D eigenvalue weighted by Crippen LogP contribution is 2.27. The van der Waals surface area contributed by atoms with Crippen molar-refractivity contribution in [2.45, 2.75) is 51.6 Å². The van der Waals surface area contributed by atoms with Crippen molar-refractivity contribution in [2.75, 3.05) is 6.54 Å². The maximum Gasteiger partial charge on any atom is 0.0534 e. The van der Waals surface area contributed by atoms with Crippen molar-refractivity contribution < 1.29 is 0 Å². The van der Waals surface area contributed by atoms with Crippen LogP contribution < -0.4 is 5.32 Å². The minimum absolute atomic E-state index is 0.608. The van der Waals surface area contributed by atoms with Gasteiger partial charge in [-0.1, -0.05) is 6.92 Å². The number of hydrogen-bond acceptors (Lipinski definition) is 2. The third-order valence-electron chi connectivity index (χ3n) is 3.24. The highest BCUT2D eigenvalue weighted by molar-refractivity contribution is 5.01. The predicted molar refractivity (Wildman–Crippen MR) is 61.9 cm³/mol. The molecule has 1 aliphatic rings. The first-order chi connectivity index (χ1) is 7.29. The van der Waals surface area contributed by atoms with E-state index in [0.717, 1.165) is 6.54 Å². The van der Waals surface area contributed by atoms with Crippen molar-refractivity contribution in [3.05, 3.63) is 18.0 Å². The van der Waals surface area contributed by atoms with Gasteiger partial charge in [-0.15, -0.1) is 0 Å². The largest absolute Gasteiger partial charge is 0.314 e. The number of aryl methyl sites for hydroxylation is 1. The minimum Gasteiger partial charge on any atom is -0.314 e. The standard InChI is InChI=1S/C12H21N3/c1-3-13-11-5-4-6-12(7-11)15-9-10(2)8-14-15/h8-9,11-13H,3-7H2,1-2H3. The Morgan fingerprint density at radius 3 is 3.07 bits per heavy atom.